The zero-order valence-electron chi connectivity index (χ0n) is 9.79. The fourth-order valence-electron chi connectivity index (χ4n) is 2.13. The summed E-state index contributed by atoms with van der Waals surface area (Å²) in [6.07, 6.45) is 1.92. The summed E-state index contributed by atoms with van der Waals surface area (Å²) in [6.45, 7) is 4.40. The van der Waals surface area contributed by atoms with Crippen molar-refractivity contribution in [1.29, 1.82) is 0 Å². The Bertz CT molecular complexity index is 346. The Morgan fingerprint density at radius 3 is 2.94 bits per heavy atom. The molecule has 1 fully saturated rings. The van der Waals surface area contributed by atoms with Crippen LogP contribution in [0.2, 0.25) is 0 Å². The molecular weight excluding hydrogens is 200 g/mol. The molecule has 1 atom stereocenters. The molecular formula is C13H20N2O. The third kappa shape index (κ3) is 2.74. The Labute approximate surface area is 96.9 Å². The lowest BCUT2D eigenvalue weighted by Crippen LogP contribution is -2.50. The Morgan fingerprint density at radius 1 is 1.44 bits per heavy atom. The van der Waals surface area contributed by atoms with Crippen LogP contribution in [0, 0.1) is 6.92 Å². The van der Waals surface area contributed by atoms with Crippen molar-refractivity contribution in [2.45, 2.75) is 25.4 Å². The van der Waals surface area contributed by atoms with Crippen molar-refractivity contribution in [1.82, 2.24) is 5.32 Å². The molecule has 1 unspecified atom stereocenters. The fraction of sp³-hybridized carbons (Fsp3) is 0.538. The lowest BCUT2D eigenvalue weighted by Gasteiger charge is -2.33. The predicted octanol–water partition coefficient (Wildman–Crippen LogP) is 1.52. The molecule has 1 saturated heterocycles. The highest BCUT2D eigenvalue weighted by Crippen LogP contribution is 2.19. The largest absolute Gasteiger partial charge is 0.387 e. The van der Waals surface area contributed by atoms with E-state index in [0.717, 1.165) is 25.1 Å². The summed E-state index contributed by atoms with van der Waals surface area (Å²) in [4.78, 5) is 0. The van der Waals surface area contributed by atoms with Crippen LogP contribution in [0.3, 0.4) is 0 Å². The minimum atomic E-state index is -0.597. The van der Waals surface area contributed by atoms with Gasteiger partial charge < -0.3 is 15.7 Å². The monoisotopic (exact) mass is 220 g/mol. The zero-order valence-corrected chi connectivity index (χ0v) is 9.79. The van der Waals surface area contributed by atoms with E-state index in [9.17, 15) is 5.11 Å². The van der Waals surface area contributed by atoms with Crippen molar-refractivity contribution in [3.63, 3.8) is 0 Å². The van der Waals surface area contributed by atoms with Gasteiger partial charge in [-0.05, 0) is 37.9 Å². The summed E-state index contributed by atoms with van der Waals surface area (Å²) in [5.74, 6) is 0. The minimum absolute atomic E-state index is 0.597. The van der Waals surface area contributed by atoms with Crippen LogP contribution in [0.4, 0.5) is 5.69 Å². The number of hydrogen-bond donors (Lipinski definition) is 3. The van der Waals surface area contributed by atoms with Gasteiger partial charge in [-0.15, -0.1) is 0 Å². The SMILES string of the molecule is Cc1ccccc1NCC1(O)CCCNC1. The molecule has 2 rings (SSSR count). The van der Waals surface area contributed by atoms with E-state index in [1.807, 2.05) is 12.1 Å². The first kappa shape index (κ1) is 11.4. The summed E-state index contributed by atoms with van der Waals surface area (Å²) >= 11 is 0. The van der Waals surface area contributed by atoms with E-state index in [0.29, 0.717) is 13.1 Å². The Kier molecular flexibility index (Phi) is 3.46. The Hall–Kier alpha value is -1.06. The van der Waals surface area contributed by atoms with Crippen molar-refractivity contribution in [3.05, 3.63) is 29.8 Å². The summed E-state index contributed by atoms with van der Waals surface area (Å²) in [5, 5.41) is 16.9. The van der Waals surface area contributed by atoms with Gasteiger partial charge in [-0.3, -0.25) is 0 Å². The first-order valence-electron chi connectivity index (χ1n) is 5.92. The van der Waals surface area contributed by atoms with Crippen molar-refractivity contribution in [3.8, 4) is 0 Å². The van der Waals surface area contributed by atoms with Gasteiger partial charge >= 0.3 is 0 Å². The molecule has 1 heterocycles. The van der Waals surface area contributed by atoms with Crippen LogP contribution < -0.4 is 10.6 Å². The number of rotatable bonds is 3. The second-order valence-corrected chi connectivity index (χ2v) is 4.67. The molecule has 1 aliphatic rings. The first-order chi connectivity index (χ1) is 7.70. The molecule has 1 aliphatic heterocycles. The molecule has 1 aromatic rings. The number of β-amino-alcohol motifs (C(OH)–C–C–N with tert-alkyl or cyclic N) is 1. The highest BCUT2D eigenvalue weighted by atomic mass is 16.3. The number of nitrogens with one attached hydrogen (secondary N) is 2. The number of aryl methyl sites for hydroxylation is 1. The van der Waals surface area contributed by atoms with Crippen molar-refractivity contribution >= 4 is 5.69 Å². The molecule has 0 amide bonds. The molecule has 0 saturated carbocycles. The standard InChI is InChI=1S/C13H20N2O/c1-11-5-2-3-6-12(11)15-10-13(16)7-4-8-14-9-13/h2-3,5-6,14-16H,4,7-10H2,1H3. The zero-order chi connectivity index (χ0) is 11.4. The average Bonchev–Trinajstić information content (AvgIpc) is 2.29. The molecule has 0 aromatic heterocycles. The van der Waals surface area contributed by atoms with Crippen molar-refractivity contribution < 1.29 is 5.11 Å². The molecule has 0 radical (unpaired) electrons. The topological polar surface area (TPSA) is 44.3 Å². The highest BCUT2D eigenvalue weighted by molar-refractivity contribution is 5.50. The van der Waals surface area contributed by atoms with E-state index in [-0.39, 0.29) is 0 Å². The average molecular weight is 220 g/mol. The summed E-state index contributed by atoms with van der Waals surface area (Å²) in [5.41, 5.74) is 1.73. The summed E-state index contributed by atoms with van der Waals surface area (Å²) in [6, 6.07) is 8.16. The maximum atomic E-state index is 10.3. The van der Waals surface area contributed by atoms with E-state index >= 15 is 0 Å². The predicted molar refractivity (Wildman–Crippen MR) is 66.7 cm³/mol. The third-order valence-electron chi connectivity index (χ3n) is 3.20. The van der Waals surface area contributed by atoms with Gasteiger partial charge in [0.25, 0.3) is 0 Å². The van der Waals surface area contributed by atoms with Gasteiger partial charge in [-0.25, -0.2) is 0 Å². The van der Waals surface area contributed by atoms with Gasteiger partial charge in [-0.2, -0.15) is 0 Å². The quantitative estimate of drug-likeness (QED) is 0.723. The molecule has 0 aliphatic carbocycles. The smallest absolute Gasteiger partial charge is 0.0943 e. The summed E-state index contributed by atoms with van der Waals surface area (Å²) < 4.78 is 0. The fourth-order valence-corrected chi connectivity index (χ4v) is 2.13. The lowest BCUT2D eigenvalue weighted by molar-refractivity contribution is 0.0292. The van der Waals surface area contributed by atoms with Gasteiger partial charge in [0.15, 0.2) is 0 Å². The van der Waals surface area contributed by atoms with Crippen molar-refractivity contribution in [2.24, 2.45) is 0 Å². The van der Waals surface area contributed by atoms with Crippen LogP contribution in [0.25, 0.3) is 0 Å². The van der Waals surface area contributed by atoms with Gasteiger partial charge in [0, 0.05) is 18.8 Å². The van der Waals surface area contributed by atoms with E-state index in [2.05, 4.69) is 29.7 Å². The van der Waals surface area contributed by atoms with Crippen LogP contribution in [0.1, 0.15) is 18.4 Å². The highest BCUT2D eigenvalue weighted by Gasteiger charge is 2.28. The molecule has 3 nitrogen and oxygen atoms in total. The van der Waals surface area contributed by atoms with Crippen LogP contribution in [-0.2, 0) is 0 Å². The maximum absolute atomic E-state index is 10.3. The number of hydrogen-bond acceptors (Lipinski definition) is 3. The second kappa shape index (κ2) is 4.85. The van der Waals surface area contributed by atoms with Gasteiger partial charge in [-0.1, -0.05) is 18.2 Å². The van der Waals surface area contributed by atoms with Gasteiger partial charge in [0.2, 0.25) is 0 Å². The molecule has 3 heteroatoms. The van der Waals surface area contributed by atoms with E-state index in [1.54, 1.807) is 0 Å². The van der Waals surface area contributed by atoms with Crippen LogP contribution >= 0.6 is 0 Å². The van der Waals surface area contributed by atoms with Crippen molar-refractivity contribution in [2.75, 3.05) is 25.0 Å². The lowest BCUT2D eigenvalue weighted by atomic mass is 9.94. The number of para-hydroxylation sites is 1. The molecule has 1 aromatic carbocycles. The second-order valence-electron chi connectivity index (χ2n) is 4.67. The number of benzene rings is 1. The van der Waals surface area contributed by atoms with Gasteiger partial charge in [0.05, 0.1) is 5.60 Å². The maximum Gasteiger partial charge on any atom is 0.0943 e. The Balaban J connectivity index is 1.94. The number of piperidine rings is 1. The number of anilines is 1. The van der Waals surface area contributed by atoms with E-state index in [4.69, 9.17) is 0 Å². The minimum Gasteiger partial charge on any atom is -0.387 e. The van der Waals surface area contributed by atoms with E-state index < -0.39 is 5.60 Å². The van der Waals surface area contributed by atoms with Gasteiger partial charge in [0.1, 0.15) is 0 Å². The molecule has 0 spiro atoms. The molecule has 0 bridgehead atoms. The van der Waals surface area contributed by atoms with E-state index in [1.165, 1.54) is 5.56 Å². The normalized spacial score (nSPS) is 25.4. The molecule has 88 valence electrons. The van der Waals surface area contributed by atoms with Crippen LogP contribution in [0.15, 0.2) is 24.3 Å². The molecule has 3 N–H and O–H groups in total. The summed E-state index contributed by atoms with van der Waals surface area (Å²) in [7, 11) is 0. The number of aliphatic hydroxyl groups is 1. The first-order valence-corrected chi connectivity index (χ1v) is 5.92. The van der Waals surface area contributed by atoms with Crippen LogP contribution in [0.5, 0.6) is 0 Å². The molecule has 16 heavy (non-hydrogen) atoms. The van der Waals surface area contributed by atoms with Crippen LogP contribution in [-0.4, -0.2) is 30.3 Å². The Morgan fingerprint density at radius 2 is 2.25 bits per heavy atom. The third-order valence-corrected chi connectivity index (χ3v) is 3.20.